The van der Waals surface area contributed by atoms with E-state index in [9.17, 15) is 9.59 Å². The summed E-state index contributed by atoms with van der Waals surface area (Å²) in [5.41, 5.74) is 2.79. The fourth-order valence-electron chi connectivity index (χ4n) is 2.94. The zero-order valence-electron chi connectivity index (χ0n) is 17.0. The van der Waals surface area contributed by atoms with Gasteiger partial charge in [-0.25, -0.2) is 0 Å². The second kappa shape index (κ2) is 10.5. The molecular formula is C20H30N5O3+. The second-order valence-electron chi connectivity index (χ2n) is 6.94. The van der Waals surface area contributed by atoms with Crippen LogP contribution in [0.5, 0.6) is 5.75 Å². The predicted octanol–water partition coefficient (Wildman–Crippen LogP) is 0.168. The number of carbonyl (C=O) groups is 2. The summed E-state index contributed by atoms with van der Waals surface area (Å²) in [4.78, 5) is 25.0. The van der Waals surface area contributed by atoms with Crippen molar-refractivity contribution in [1.29, 1.82) is 0 Å². The highest BCUT2D eigenvalue weighted by Gasteiger charge is 2.14. The number of ether oxygens (including phenoxy) is 1. The molecule has 152 valence electrons. The van der Waals surface area contributed by atoms with Gasteiger partial charge in [0, 0.05) is 30.5 Å². The molecule has 0 bridgehead atoms. The van der Waals surface area contributed by atoms with E-state index in [1.54, 1.807) is 19.2 Å². The predicted molar refractivity (Wildman–Crippen MR) is 108 cm³/mol. The highest BCUT2D eigenvalue weighted by molar-refractivity contribution is 5.91. The maximum absolute atomic E-state index is 12.1. The Hall–Kier alpha value is -2.87. The number of aryl methyl sites for hydroxylation is 3. The van der Waals surface area contributed by atoms with E-state index in [4.69, 9.17) is 4.74 Å². The Morgan fingerprint density at radius 3 is 2.61 bits per heavy atom. The Morgan fingerprint density at radius 1 is 1.18 bits per heavy atom. The van der Waals surface area contributed by atoms with E-state index in [2.05, 4.69) is 15.7 Å². The van der Waals surface area contributed by atoms with Crippen LogP contribution in [0.15, 0.2) is 30.3 Å². The van der Waals surface area contributed by atoms with E-state index < -0.39 is 0 Å². The summed E-state index contributed by atoms with van der Waals surface area (Å²) in [5.74, 6) is 0.460. The first-order valence-corrected chi connectivity index (χ1v) is 9.40. The number of anilines is 1. The summed E-state index contributed by atoms with van der Waals surface area (Å²) in [5, 5.41) is 10.1. The van der Waals surface area contributed by atoms with Crippen LogP contribution in [0.25, 0.3) is 0 Å². The van der Waals surface area contributed by atoms with Crippen LogP contribution in [-0.4, -0.2) is 55.4 Å². The number of nitrogens with zero attached hydrogens (tertiary/aromatic N) is 2. The first-order valence-electron chi connectivity index (χ1n) is 9.40. The molecule has 0 radical (unpaired) electrons. The molecule has 0 fully saturated rings. The first-order chi connectivity index (χ1) is 13.4. The molecule has 0 saturated carbocycles. The Balaban J connectivity index is 1.65. The summed E-state index contributed by atoms with van der Waals surface area (Å²) < 4.78 is 7.08. The maximum atomic E-state index is 12.1. The summed E-state index contributed by atoms with van der Waals surface area (Å²) in [6.07, 6.45) is 0.809. The quantitative estimate of drug-likeness (QED) is 0.506. The molecule has 0 aliphatic heterocycles. The molecule has 0 spiro atoms. The molecular weight excluding hydrogens is 358 g/mol. The topological polar surface area (TPSA) is 89.7 Å². The van der Waals surface area contributed by atoms with Crippen molar-refractivity contribution in [1.82, 2.24) is 15.1 Å². The number of hydrogen-bond donors (Lipinski definition) is 3. The smallest absolute Gasteiger partial charge is 0.279 e. The van der Waals surface area contributed by atoms with Crippen molar-refractivity contribution in [2.75, 3.05) is 39.1 Å². The van der Waals surface area contributed by atoms with Gasteiger partial charge in [0.15, 0.2) is 13.1 Å². The minimum Gasteiger partial charge on any atom is -0.497 e. The SMILES string of the molecule is COc1cccc(NC(=O)C[NH+](C)CC(=O)NCCCn2nc(C)cc2C)c1. The van der Waals surface area contributed by atoms with E-state index in [0.29, 0.717) is 18.0 Å². The van der Waals surface area contributed by atoms with Crippen molar-refractivity contribution >= 4 is 17.5 Å². The molecule has 2 rings (SSSR count). The second-order valence-corrected chi connectivity index (χ2v) is 6.94. The molecule has 28 heavy (non-hydrogen) atoms. The van der Waals surface area contributed by atoms with Crippen LogP contribution < -0.4 is 20.3 Å². The standard InChI is InChI=1S/C20H29N5O3/c1-15-11-16(2)25(23-15)10-6-9-21-19(26)13-24(3)14-20(27)22-17-7-5-8-18(12-17)28-4/h5,7-8,11-12H,6,9-10,13-14H2,1-4H3,(H,21,26)(H,22,27)/p+1. The molecule has 8 heteroatoms. The number of quaternary nitrogens is 1. The number of methoxy groups -OCH3 is 1. The third kappa shape index (κ3) is 7.03. The number of amides is 2. The number of benzene rings is 1. The van der Waals surface area contributed by atoms with Crippen LogP contribution >= 0.6 is 0 Å². The van der Waals surface area contributed by atoms with E-state index in [0.717, 1.165) is 29.3 Å². The van der Waals surface area contributed by atoms with Crippen LogP contribution in [0.1, 0.15) is 17.8 Å². The van der Waals surface area contributed by atoms with Crippen molar-refractivity contribution in [3.05, 3.63) is 41.7 Å². The molecule has 1 heterocycles. The van der Waals surface area contributed by atoms with E-state index in [1.165, 1.54) is 0 Å². The lowest BCUT2D eigenvalue weighted by Gasteiger charge is -2.14. The van der Waals surface area contributed by atoms with Gasteiger partial charge in [-0.15, -0.1) is 0 Å². The molecule has 0 saturated heterocycles. The van der Waals surface area contributed by atoms with Crippen molar-refractivity contribution in [3.63, 3.8) is 0 Å². The fraction of sp³-hybridized carbons (Fsp3) is 0.450. The van der Waals surface area contributed by atoms with Gasteiger partial charge in [0.05, 0.1) is 19.9 Å². The summed E-state index contributed by atoms with van der Waals surface area (Å²) in [6, 6.07) is 9.21. The zero-order chi connectivity index (χ0) is 20.5. The van der Waals surface area contributed by atoms with Crippen molar-refractivity contribution in [2.24, 2.45) is 0 Å². The lowest BCUT2D eigenvalue weighted by molar-refractivity contribution is -0.862. The van der Waals surface area contributed by atoms with Crippen LogP contribution in [0.3, 0.4) is 0 Å². The Labute approximate surface area is 165 Å². The van der Waals surface area contributed by atoms with Crippen LogP contribution in [0.2, 0.25) is 0 Å². The number of rotatable bonds is 10. The third-order valence-corrected chi connectivity index (χ3v) is 4.25. The molecule has 1 unspecified atom stereocenters. The number of hydrogen-bond acceptors (Lipinski definition) is 4. The van der Waals surface area contributed by atoms with Gasteiger partial charge in [-0.1, -0.05) is 6.07 Å². The number of carbonyl (C=O) groups excluding carboxylic acids is 2. The van der Waals surface area contributed by atoms with Crippen LogP contribution in [0, 0.1) is 13.8 Å². The molecule has 1 atom stereocenters. The average Bonchev–Trinajstić information content (AvgIpc) is 2.95. The molecule has 2 aromatic rings. The summed E-state index contributed by atoms with van der Waals surface area (Å²) in [6.45, 7) is 5.79. The lowest BCUT2D eigenvalue weighted by Crippen LogP contribution is -3.11. The summed E-state index contributed by atoms with van der Waals surface area (Å²) in [7, 11) is 3.40. The minimum absolute atomic E-state index is 0.0694. The molecule has 3 N–H and O–H groups in total. The van der Waals surface area contributed by atoms with Gasteiger partial charge < -0.3 is 20.3 Å². The van der Waals surface area contributed by atoms with Crippen LogP contribution in [0.4, 0.5) is 5.69 Å². The van der Waals surface area contributed by atoms with Gasteiger partial charge in [0.1, 0.15) is 5.75 Å². The Bertz CT molecular complexity index is 803. The molecule has 8 nitrogen and oxygen atoms in total. The molecule has 1 aromatic carbocycles. The average molecular weight is 388 g/mol. The maximum Gasteiger partial charge on any atom is 0.279 e. The van der Waals surface area contributed by atoms with Gasteiger partial charge in [-0.2, -0.15) is 5.10 Å². The zero-order valence-corrected chi connectivity index (χ0v) is 17.0. The number of aromatic nitrogens is 2. The molecule has 1 aromatic heterocycles. The van der Waals surface area contributed by atoms with E-state index >= 15 is 0 Å². The third-order valence-electron chi connectivity index (χ3n) is 4.25. The Kier molecular flexibility index (Phi) is 8.01. The molecule has 2 amide bonds. The number of nitrogens with one attached hydrogen (secondary N) is 3. The fourth-order valence-corrected chi connectivity index (χ4v) is 2.94. The van der Waals surface area contributed by atoms with Gasteiger partial charge >= 0.3 is 0 Å². The van der Waals surface area contributed by atoms with Crippen LogP contribution in [-0.2, 0) is 16.1 Å². The van der Waals surface area contributed by atoms with Gasteiger partial charge in [0.2, 0.25) is 0 Å². The highest BCUT2D eigenvalue weighted by atomic mass is 16.5. The van der Waals surface area contributed by atoms with Gasteiger partial charge in [0.25, 0.3) is 11.8 Å². The van der Waals surface area contributed by atoms with Crippen molar-refractivity contribution < 1.29 is 19.2 Å². The summed E-state index contributed by atoms with van der Waals surface area (Å²) >= 11 is 0. The molecule has 0 aliphatic rings. The highest BCUT2D eigenvalue weighted by Crippen LogP contribution is 2.16. The van der Waals surface area contributed by atoms with E-state index in [1.807, 2.05) is 43.8 Å². The lowest BCUT2D eigenvalue weighted by atomic mass is 10.3. The Morgan fingerprint density at radius 2 is 1.93 bits per heavy atom. The number of likely N-dealkylation sites (N-methyl/N-ethyl adjacent to an activating group) is 1. The normalized spacial score (nSPS) is 11.7. The minimum atomic E-state index is -0.150. The van der Waals surface area contributed by atoms with E-state index in [-0.39, 0.29) is 24.9 Å². The van der Waals surface area contributed by atoms with Gasteiger partial charge in [-0.3, -0.25) is 14.3 Å². The van der Waals surface area contributed by atoms with Crippen molar-refractivity contribution in [2.45, 2.75) is 26.8 Å². The van der Waals surface area contributed by atoms with Crippen molar-refractivity contribution in [3.8, 4) is 5.75 Å². The monoisotopic (exact) mass is 388 g/mol. The first kappa shape index (κ1) is 21.4. The van der Waals surface area contributed by atoms with Gasteiger partial charge in [-0.05, 0) is 38.5 Å². The largest absolute Gasteiger partial charge is 0.497 e. The molecule has 0 aliphatic carbocycles.